The molecule has 2 rings (SSSR count). The molecule has 0 aliphatic rings. The van der Waals surface area contributed by atoms with Gasteiger partial charge in [0.15, 0.2) is 0 Å². The Morgan fingerprint density at radius 3 is 2.86 bits per heavy atom. The molecule has 0 saturated carbocycles. The zero-order valence-electron chi connectivity index (χ0n) is 8.62. The summed E-state index contributed by atoms with van der Waals surface area (Å²) in [6.45, 7) is 5.60. The fourth-order valence-electron chi connectivity index (χ4n) is 1.87. The molecule has 0 bridgehead atoms. The second kappa shape index (κ2) is 3.42. The number of aryl methyl sites for hydroxylation is 2. The summed E-state index contributed by atoms with van der Waals surface area (Å²) < 4.78 is 2.02. The molecule has 0 atom stereocenters. The molecule has 0 spiro atoms. The average Bonchev–Trinajstić information content (AvgIpc) is 2.56. The largest absolute Gasteiger partial charge is 0.326 e. The summed E-state index contributed by atoms with van der Waals surface area (Å²) >= 11 is 0. The number of para-hydroxylation sites is 1. The number of benzene rings is 1. The van der Waals surface area contributed by atoms with Crippen molar-refractivity contribution in [1.82, 2.24) is 9.78 Å². The van der Waals surface area contributed by atoms with E-state index >= 15 is 0 Å². The first-order chi connectivity index (χ1) is 6.77. The molecule has 0 unspecified atom stereocenters. The maximum atomic E-state index is 5.71. The lowest BCUT2D eigenvalue weighted by atomic mass is 10.1. The summed E-state index contributed by atoms with van der Waals surface area (Å²) in [6.07, 6.45) is 0. The van der Waals surface area contributed by atoms with E-state index in [1.807, 2.05) is 17.7 Å². The van der Waals surface area contributed by atoms with Crippen LogP contribution in [0.5, 0.6) is 0 Å². The third-order valence-electron chi connectivity index (χ3n) is 2.56. The van der Waals surface area contributed by atoms with E-state index in [1.54, 1.807) is 0 Å². The molecule has 2 aromatic rings. The van der Waals surface area contributed by atoms with E-state index in [2.05, 4.69) is 24.2 Å². The van der Waals surface area contributed by atoms with Crippen LogP contribution >= 0.6 is 0 Å². The van der Waals surface area contributed by atoms with Crippen LogP contribution in [0.1, 0.15) is 18.2 Å². The Bertz CT molecular complexity index is 457. The number of hydrogen-bond acceptors (Lipinski definition) is 2. The molecule has 74 valence electrons. The standard InChI is InChI=1S/C11H15N3/c1-3-14-11-9(7-12)5-4-6-10(11)8(2)13-14/h4-6H,3,7,12H2,1-2H3. The van der Waals surface area contributed by atoms with Crippen LogP contribution < -0.4 is 5.73 Å². The molecule has 1 heterocycles. The summed E-state index contributed by atoms with van der Waals surface area (Å²) in [5, 5.41) is 5.70. The van der Waals surface area contributed by atoms with E-state index in [-0.39, 0.29) is 0 Å². The number of fused-ring (bicyclic) bond motifs is 1. The lowest BCUT2D eigenvalue weighted by molar-refractivity contribution is 0.673. The Kier molecular flexibility index (Phi) is 2.25. The van der Waals surface area contributed by atoms with E-state index in [0.717, 1.165) is 12.2 Å². The molecule has 0 fully saturated rings. The van der Waals surface area contributed by atoms with E-state index in [4.69, 9.17) is 5.73 Å². The lowest BCUT2D eigenvalue weighted by Crippen LogP contribution is -2.02. The Morgan fingerprint density at radius 1 is 1.43 bits per heavy atom. The number of rotatable bonds is 2. The zero-order chi connectivity index (χ0) is 10.1. The van der Waals surface area contributed by atoms with Crippen LogP contribution in [-0.4, -0.2) is 9.78 Å². The molecule has 1 aromatic carbocycles. The Hall–Kier alpha value is -1.35. The van der Waals surface area contributed by atoms with Gasteiger partial charge in [0, 0.05) is 18.5 Å². The second-order valence-electron chi connectivity index (χ2n) is 3.42. The normalized spacial score (nSPS) is 11.1. The van der Waals surface area contributed by atoms with Gasteiger partial charge in [-0.1, -0.05) is 18.2 Å². The molecule has 1 aromatic heterocycles. The van der Waals surface area contributed by atoms with Crippen molar-refractivity contribution in [2.24, 2.45) is 5.73 Å². The van der Waals surface area contributed by atoms with Crippen molar-refractivity contribution in [3.05, 3.63) is 29.5 Å². The predicted molar refractivity (Wildman–Crippen MR) is 58.0 cm³/mol. The van der Waals surface area contributed by atoms with Crippen molar-refractivity contribution < 1.29 is 0 Å². The van der Waals surface area contributed by atoms with Crippen molar-refractivity contribution in [2.75, 3.05) is 0 Å². The highest BCUT2D eigenvalue weighted by atomic mass is 15.3. The molecule has 0 amide bonds. The van der Waals surface area contributed by atoms with Gasteiger partial charge in [-0.15, -0.1) is 0 Å². The quantitative estimate of drug-likeness (QED) is 0.783. The Morgan fingerprint density at radius 2 is 2.21 bits per heavy atom. The predicted octanol–water partition coefficient (Wildman–Crippen LogP) is 1.82. The molecular weight excluding hydrogens is 174 g/mol. The average molecular weight is 189 g/mol. The Labute approximate surface area is 83.5 Å². The summed E-state index contributed by atoms with van der Waals surface area (Å²) in [6, 6.07) is 6.21. The molecule has 3 nitrogen and oxygen atoms in total. The van der Waals surface area contributed by atoms with E-state index in [9.17, 15) is 0 Å². The van der Waals surface area contributed by atoms with Crippen molar-refractivity contribution in [3.8, 4) is 0 Å². The highest BCUT2D eigenvalue weighted by molar-refractivity contribution is 5.84. The van der Waals surface area contributed by atoms with Crippen LogP contribution in [0.4, 0.5) is 0 Å². The van der Waals surface area contributed by atoms with Gasteiger partial charge < -0.3 is 5.73 Å². The monoisotopic (exact) mass is 189 g/mol. The zero-order valence-corrected chi connectivity index (χ0v) is 8.62. The highest BCUT2D eigenvalue weighted by Gasteiger charge is 2.08. The van der Waals surface area contributed by atoms with Crippen LogP contribution in [0.2, 0.25) is 0 Å². The highest BCUT2D eigenvalue weighted by Crippen LogP contribution is 2.21. The number of nitrogens with zero attached hydrogens (tertiary/aromatic N) is 2. The number of aromatic nitrogens is 2. The van der Waals surface area contributed by atoms with E-state index in [1.165, 1.54) is 16.5 Å². The van der Waals surface area contributed by atoms with E-state index < -0.39 is 0 Å². The van der Waals surface area contributed by atoms with Crippen molar-refractivity contribution in [2.45, 2.75) is 26.9 Å². The van der Waals surface area contributed by atoms with Gasteiger partial charge in [0.1, 0.15) is 0 Å². The van der Waals surface area contributed by atoms with Gasteiger partial charge in [0.25, 0.3) is 0 Å². The lowest BCUT2D eigenvalue weighted by Gasteiger charge is -2.03. The Balaban J connectivity index is 2.82. The van der Waals surface area contributed by atoms with Gasteiger partial charge in [-0.25, -0.2) is 0 Å². The SMILES string of the molecule is CCn1nc(C)c2cccc(CN)c21. The number of nitrogens with two attached hydrogens (primary N) is 1. The molecule has 0 aliphatic heterocycles. The van der Waals surface area contributed by atoms with Gasteiger partial charge in [0.05, 0.1) is 11.2 Å². The topological polar surface area (TPSA) is 43.8 Å². The van der Waals surface area contributed by atoms with Crippen LogP contribution in [0.25, 0.3) is 10.9 Å². The minimum absolute atomic E-state index is 0.572. The van der Waals surface area contributed by atoms with Gasteiger partial charge in [0.2, 0.25) is 0 Å². The maximum Gasteiger partial charge on any atom is 0.0729 e. The maximum absolute atomic E-state index is 5.71. The fourth-order valence-corrected chi connectivity index (χ4v) is 1.87. The first-order valence-corrected chi connectivity index (χ1v) is 4.93. The molecule has 3 heteroatoms. The number of hydrogen-bond donors (Lipinski definition) is 1. The summed E-state index contributed by atoms with van der Waals surface area (Å²) in [5.41, 5.74) is 9.15. The molecule has 0 radical (unpaired) electrons. The molecular formula is C11H15N3. The second-order valence-corrected chi connectivity index (χ2v) is 3.42. The molecule has 2 N–H and O–H groups in total. The van der Waals surface area contributed by atoms with Crippen LogP contribution in [0, 0.1) is 6.92 Å². The third kappa shape index (κ3) is 1.21. The first-order valence-electron chi connectivity index (χ1n) is 4.93. The van der Waals surface area contributed by atoms with Gasteiger partial charge >= 0.3 is 0 Å². The molecule has 0 saturated heterocycles. The molecule has 0 aliphatic carbocycles. The van der Waals surface area contributed by atoms with Crippen molar-refractivity contribution in [3.63, 3.8) is 0 Å². The van der Waals surface area contributed by atoms with Crippen LogP contribution in [0.15, 0.2) is 18.2 Å². The first kappa shape index (κ1) is 9.21. The summed E-state index contributed by atoms with van der Waals surface area (Å²) in [5.74, 6) is 0. The smallest absolute Gasteiger partial charge is 0.0729 e. The van der Waals surface area contributed by atoms with Gasteiger partial charge in [-0.05, 0) is 19.4 Å². The molecule has 14 heavy (non-hydrogen) atoms. The summed E-state index contributed by atoms with van der Waals surface area (Å²) in [7, 11) is 0. The minimum atomic E-state index is 0.572. The third-order valence-corrected chi connectivity index (χ3v) is 2.56. The minimum Gasteiger partial charge on any atom is -0.326 e. The fraction of sp³-hybridized carbons (Fsp3) is 0.364. The van der Waals surface area contributed by atoms with Crippen LogP contribution in [0.3, 0.4) is 0 Å². The van der Waals surface area contributed by atoms with Gasteiger partial charge in [-0.3, -0.25) is 4.68 Å². The van der Waals surface area contributed by atoms with Crippen molar-refractivity contribution in [1.29, 1.82) is 0 Å². The van der Waals surface area contributed by atoms with Gasteiger partial charge in [-0.2, -0.15) is 5.10 Å². The summed E-state index contributed by atoms with van der Waals surface area (Å²) in [4.78, 5) is 0. The van der Waals surface area contributed by atoms with Crippen LogP contribution in [-0.2, 0) is 13.1 Å². The van der Waals surface area contributed by atoms with E-state index in [0.29, 0.717) is 6.54 Å². The van der Waals surface area contributed by atoms with Crippen molar-refractivity contribution >= 4 is 10.9 Å².